The van der Waals surface area contributed by atoms with E-state index < -0.39 is 0 Å². The first-order valence-corrected chi connectivity index (χ1v) is 7.99. The largest absolute Gasteiger partial charge is 0.356 e. The Morgan fingerprint density at radius 1 is 1.26 bits per heavy atom. The quantitative estimate of drug-likeness (QED) is 0.634. The number of halogens is 1. The summed E-state index contributed by atoms with van der Waals surface area (Å²) in [6, 6.07) is 8.29. The minimum absolute atomic E-state index is 0.240. The maximum absolute atomic E-state index is 12.9. The van der Waals surface area contributed by atoms with E-state index in [0.29, 0.717) is 0 Å². The van der Waals surface area contributed by atoms with Gasteiger partial charge in [-0.2, -0.15) is 5.10 Å². The number of benzene rings is 1. The third-order valence-electron chi connectivity index (χ3n) is 3.89. The van der Waals surface area contributed by atoms with Crippen molar-refractivity contribution >= 4 is 5.96 Å². The molecule has 0 atom stereocenters. The van der Waals surface area contributed by atoms with Crippen LogP contribution in [0.25, 0.3) is 5.69 Å². The Hall–Kier alpha value is -2.37. The van der Waals surface area contributed by atoms with Crippen LogP contribution in [0, 0.1) is 11.7 Å². The van der Waals surface area contributed by atoms with E-state index in [1.807, 2.05) is 12.3 Å². The van der Waals surface area contributed by atoms with Crippen molar-refractivity contribution < 1.29 is 4.39 Å². The lowest BCUT2D eigenvalue weighted by Gasteiger charge is -2.10. The van der Waals surface area contributed by atoms with Gasteiger partial charge in [0.25, 0.3) is 0 Å². The highest BCUT2D eigenvalue weighted by Gasteiger charge is 2.20. The van der Waals surface area contributed by atoms with Crippen molar-refractivity contribution in [1.82, 2.24) is 20.4 Å². The molecule has 23 heavy (non-hydrogen) atoms. The van der Waals surface area contributed by atoms with E-state index in [2.05, 4.69) is 20.7 Å². The minimum atomic E-state index is -0.240. The molecular formula is C17H22FN5. The van der Waals surface area contributed by atoms with E-state index in [1.165, 1.54) is 25.0 Å². The van der Waals surface area contributed by atoms with Crippen LogP contribution in [-0.4, -0.2) is 35.9 Å². The van der Waals surface area contributed by atoms with Crippen LogP contribution in [0.4, 0.5) is 4.39 Å². The van der Waals surface area contributed by atoms with Crippen molar-refractivity contribution in [3.63, 3.8) is 0 Å². The monoisotopic (exact) mass is 315 g/mol. The second-order valence-electron chi connectivity index (χ2n) is 5.80. The Bertz CT molecular complexity index is 658. The molecule has 1 aliphatic rings. The van der Waals surface area contributed by atoms with Crippen molar-refractivity contribution in [3.05, 3.63) is 48.0 Å². The van der Waals surface area contributed by atoms with Crippen LogP contribution < -0.4 is 10.6 Å². The molecule has 0 spiro atoms. The molecule has 1 aromatic carbocycles. The van der Waals surface area contributed by atoms with Gasteiger partial charge in [0, 0.05) is 32.8 Å². The molecule has 0 amide bonds. The van der Waals surface area contributed by atoms with Crippen molar-refractivity contribution in [2.45, 2.75) is 19.3 Å². The summed E-state index contributed by atoms with van der Waals surface area (Å²) >= 11 is 0. The first-order chi connectivity index (χ1) is 11.2. The van der Waals surface area contributed by atoms with Gasteiger partial charge in [0.1, 0.15) is 5.82 Å². The number of nitrogens with one attached hydrogen (secondary N) is 2. The molecule has 1 heterocycles. The average molecular weight is 315 g/mol. The van der Waals surface area contributed by atoms with Gasteiger partial charge in [-0.1, -0.05) is 0 Å². The van der Waals surface area contributed by atoms with Crippen LogP contribution >= 0.6 is 0 Å². The lowest BCUT2D eigenvalue weighted by Crippen LogP contribution is -2.39. The number of nitrogens with zero attached hydrogens (tertiary/aromatic N) is 3. The molecular weight excluding hydrogens is 293 g/mol. The van der Waals surface area contributed by atoms with Crippen LogP contribution in [0.3, 0.4) is 0 Å². The number of hydrogen-bond acceptors (Lipinski definition) is 2. The Kier molecular flexibility index (Phi) is 4.90. The first-order valence-electron chi connectivity index (χ1n) is 7.99. The molecule has 2 aromatic rings. The molecule has 2 N–H and O–H groups in total. The highest BCUT2D eigenvalue weighted by atomic mass is 19.1. The SMILES string of the molecule is CN=C(NCCc1ccn(-c2ccc(F)cc2)n1)NCC1CC1. The second-order valence-corrected chi connectivity index (χ2v) is 5.80. The molecule has 0 aliphatic heterocycles. The number of hydrogen-bond donors (Lipinski definition) is 2. The van der Waals surface area contributed by atoms with Gasteiger partial charge < -0.3 is 10.6 Å². The average Bonchev–Trinajstić information content (AvgIpc) is 3.28. The zero-order valence-electron chi connectivity index (χ0n) is 13.3. The fourth-order valence-electron chi connectivity index (χ4n) is 2.33. The third-order valence-corrected chi connectivity index (χ3v) is 3.89. The molecule has 122 valence electrons. The Labute approximate surface area is 135 Å². The van der Waals surface area contributed by atoms with E-state index in [9.17, 15) is 4.39 Å². The smallest absolute Gasteiger partial charge is 0.190 e. The molecule has 0 bridgehead atoms. The van der Waals surface area contributed by atoms with Crippen molar-refractivity contribution in [1.29, 1.82) is 0 Å². The van der Waals surface area contributed by atoms with Crippen LogP contribution in [0.5, 0.6) is 0 Å². The fraction of sp³-hybridized carbons (Fsp3) is 0.412. The van der Waals surface area contributed by atoms with Gasteiger partial charge >= 0.3 is 0 Å². The van der Waals surface area contributed by atoms with Gasteiger partial charge in [-0.15, -0.1) is 0 Å². The van der Waals surface area contributed by atoms with Gasteiger partial charge in [-0.25, -0.2) is 9.07 Å². The second kappa shape index (κ2) is 7.26. The zero-order valence-corrected chi connectivity index (χ0v) is 13.3. The Morgan fingerprint density at radius 3 is 2.74 bits per heavy atom. The predicted molar refractivity (Wildman–Crippen MR) is 89.3 cm³/mol. The summed E-state index contributed by atoms with van der Waals surface area (Å²) in [5.41, 5.74) is 1.84. The van der Waals surface area contributed by atoms with Crippen molar-refractivity contribution in [2.75, 3.05) is 20.1 Å². The van der Waals surface area contributed by atoms with Gasteiger partial charge in [0.15, 0.2) is 5.96 Å². The molecule has 0 radical (unpaired) electrons. The molecule has 6 heteroatoms. The summed E-state index contributed by atoms with van der Waals surface area (Å²) in [5.74, 6) is 1.42. The predicted octanol–water partition coefficient (Wildman–Crippen LogP) is 2.13. The number of aromatic nitrogens is 2. The highest BCUT2D eigenvalue weighted by molar-refractivity contribution is 5.79. The molecule has 0 unspecified atom stereocenters. The van der Waals surface area contributed by atoms with Crippen LogP contribution in [0.1, 0.15) is 18.5 Å². The summed E-state index contributed by atoms with van der Waals surface area (Å²) in [7, 11) is 1.78. The van der Waals surface area contributed by atoms with E-state index in [1.54, 1.807) is 23.9 Å². The van der Waals surface area contributed by atoms with E-state index in [0.717, 1.165) is 42.8 Å². The van der Waals surface area contributed by atoms with Gasteiger partial charge in [0.05, 0.1) is 11.4 Å². The van der Waals surface area contributed by atoms with Crippen molar-refractivity contribution in [3.8, 4) is 5.69 Å². The lowest BCUT2D eigenvalue weighted by molar-refractivity contribution is 0.627. The molecule has 1 saturated carbocycles. The van der Waals surface area contributed by atoms with Crippen LogP contribution in [0.15, 0.2) is 41.5 Å². The maximum Gasteiger partial charge on any atom is 0.190 e. The highest BCUT2D eigenvalue weighted by Crippen LogP contribution is 2.27. The van der Waals surface area contributed by atoms with Gasteiger partial charge in [-0.05, 0) is 49.1 Å². The van der Waals surface area contributed by atoms with Gasteiger partial charge in [-0.3, -0.25) is 4.99 Å². The van der Waals surface area contributed by atoms with Crippen LogP contribution in [-0.2, 0) is 6.42 Å². The normalized spacial score (nSPS) is 14.8. The molecule has 1 fully saturated rings. The minimum Gasteiger partial charge on any atom is -0.356 e. The van der Waals surface area contributed by atoms with E-state index >= 15 is 0 Å². The third kappa shape index (κ3) is 4.55. The van der Waals surface area contributed by atoms with E-state index in [4.69, 9.17) is 0 Å². The number of guanidine groups is 1. The first kappa shape index (κ1) is 15.5. The molecule has 1 aliphatic carbocycles. The number of rotatable bonds is 6. The number of aliphatic imine (C=N–C) groups is 1. The fourth-order valence-corrected chi connectivity index (χ4v) is 2.33. The molecule has 5 nitrogen and oxygen atoms in total. The topological polar surface area (TPSA) is 54.2 Å². The zero-order chi connectivity index (χ0) is 16.1. The Balaban J connectivity index is 1.47. The molecule has 3 rings (SSSR count). The van der Waals surface area contributed by atoms with E-state index in [-0.39, 0.29) is 5.82 Å². The maximum atomic E-state index is 12.9. The summed E-state index contributed by atoms with van der Waals surface area (Å²) in [6.07, 6.45) is 5.34. The Morgan fingerprint density at radius 2 is 2.04 bits per heavy atom. The standard InChI is InChI=1S/C17H22FN5/c1-19-17(21-12-13-2-3-13)20-10-8-15-9-11-23(22-15)16-6-4-14(18)5-7-16/h4-7,9,11,13H,2-3,8,10,12H2,1H3,(H2,19,20,21). The summed E-state index contributed by atoms with van der Waals surface area (Å²) in [4.78, 5) is 4.21. The summed E-state index contributed by atoms with van der Waals surface area (Å²) in [6.45, 7) is 1.77. The van der Waals surface area contributed by atoms with Crippen LogP contribution in [0.2, 0.25) is 0 Å². The van der Waals surface area contributed by atoms with Gasteiger partial charge in [0.2, 0.25) is 0 Å². The summed E-state index contributed by atoms with van der Waals surface area (Å²) in [5, 5.41) is 11.1. The molecule has 0 saturated heterocycles. The molecule has 1 aromatic heterocycles. The van der Waals surface area contributed by atoms with Crippen molar-refractivity contribution in [2.24, 2.45) is 10.9 Å². The lowest BCUT2D eigenvalue weighted by atomic mass is 10.3. The summed E-state index contributed by atoms with van der Waals surface area (Å²) < 4.78 is 14.7.